The van der Waals surface area contributed by atoms with E-state index in [0.29, 0.717) is 12.3 Å². The quantitative estimate of drug-likeness (QED) is 0.905. The lowest BCUT2D eigenvalue weighted by molar-refractivity contribution is 0.0554. The van der Waals surface area contributed by atoms with E-state index < -0.39 is 5.97 Å². The fourth-order valence-electron chi connectivity index (χ4n) is 2.43. The van der Waals surface area contributed by atoms with Crippen molar-refractivity contribution in [3.63, 3.8) is 0 Å². The van der Waals surface area contributed by atoms with Gasteiger partial charge in [0.15, 0.2) is 0 Å². The van der Waals surface area contributed by atoms with Crippen LogP contribution in [0, 0.1) is 0 Å². The molecule has 0 aromatic carbocycles. The largest absolute Gasteiger partial charge is 0.478 e. The van der Waals surface area contributed by atoms with E-state index in [9.17, 15) is 4.79 Å². The maximum absolute atomic E-state index is 11.0. The molecule has 5 nitrogen and oxygen atoms in total. The molecule has 0 radical (unpaired) electrons. The summed E-state index contributed by atoms with van der Waals surface area (Å²) in [5.41, 5.74) is 0.474. The monoisotopic (exact) mass is 266 g/mol. The summed E-state index contributed by atoms with van der Waals surface area (Å²) in [5, 5.41) is 9.05. The summed E-state index contributed by atoms with van der Waals surface area (Å²) in [6.45, 7) is 11.1. The van der Waals surface area contributed by atoms with Crippen LogP contribution in [0.5, 0.6) is 0 Å². The number of nitrogens with zero attached hydrogens (tertiary/aromatic N) is 2. The van der Waals surface area contributed by atoms with Gasteiger partial charge >= 0.3 is 5.97 Å². The van der Waals surface area contributed by atoms with Gasteiger partial charge in [0.25, 0.3) is 0 Å². The lowest BCUT2D eigenvalue weighted by Gasteiger charge is -2.42. The Morgan fingerprint density at radius 2 is 1.95 bits per heavy atom. The molecule has 0 unspecified atom stereocenters. The molecule has 1 saturated heterocycles. The van der Waals surface area contributed by atoms with Gasteiger partial charge < -0.3 is 9.52 Å². The SMILES string of the molecule is CC(C)(C)N1CCN(Cc2occc2C(=O)O)CC1. The van der Waals surface area contributed by atoms with Crippen LogP contribution in [0.1, 0.15) is 36.9 Å². The number of furan rings is 1. The smallest absolute Gasteiger partial charge is 0.339 e. The van der Waals surface area contributed by atoms with Crippen LogP contribution in [0.4, 0.5) is 0 Å². The van der Waals surface area contributed by atoms with E-state index in [1.165, 1.54) is 12.3 Å². The third-order valence-electron chi connectivity index (χ3n) is 3.66. The highest BCUT2D eigenvalue weighted by Crippen LogP contribution is 2.18. The summed E-state index contributed by atoms with van der Waals surface area (Å²) in [7, 11) is 0. The van der Waals surface area contributed by atoms with E-state index >= 15 is 0 Å². The summed E-state index contributed by atoms with van der Waals surface area (Å²) in [6.07, 6.45) is 1.45. The molecule has 2 rings (SSSR count). The van der Waals surface area contributed by atoms with E-state index in [4.69, 9.17) is 9.52 Å². The van der Waals surface area contributed by atoms with Crippen molar-refractivity contribution in [3.05, 3.63) is 23.7 Å². The zero-order chi connectivity index (χ0) is 14.0. The van der Waals surface area contributed by atoms with Crippen molar-refractivity contribution < 1.29 is 14.3 Å². The van der Waals surface area contributed by atoms with Gasteiger partial charge in [0, 0.05) is 31.7 Å². The number of piperazine rings is 1. The first kappa shape index (κ1) is 14.1. The van der Waals surface area contributed by atoms with Crippen molar-refractivity contribution >= 4 is 5.97 Å². The third-order valence-corrected chi connectivity index (χ3v) is 3.66. The van der Waals surface area contributed by atoms with Crippen LogP contribution in [-0.4, -0.2) is 52.6 Å². The van der Waals surface area contributed by atoms with Gasteiger partial charge in [0.05, 0.1) is 12.8 Å². The first-order chi connectivity index (χ1) is 8.88. The molecule has 0 atom stereocenters. The molecule has 2 heterocycles. The first-order valence-corrected chi connectivity index (χ1v) is 6.65. The van der Waals surface area contributed by atoms with E-state index in [0.717, 1.165) is 26.2 Å². The summed E-state index contributed by atoms with van der Waals surface area (Å²) in [4.78, 5) is 15.7. The van der Waals surface area contributed by atoms with Gasteiger partial charge in [-0.05, 0) is 26.8 Å². The topological polar surface area (TPSA) is 56.9 Å². The molecule has 1 aliphatic heterocycles. The fourth-order valence-corrected chi connectivity index (χ4v) is 2.43. The number of carbonyl (C=O) groups is 1. The molecule has 0 amide bonds. The molecule has 19 heavy (non-hydrogen) atoms. The minimum Gasteiger partial charge on any atom is -0.478 e. The van der Waals surface area contributed by atoms with Crippen LogP contribution in [0.25, 0.3) is 0 Å². The minimum atomic E-state index is -0.919. The van der Waals surface area contributed by atoms with Crippen molar-refractivity contribution in [3.8, 4) is 0 Å². The van der Waals surface area contributed by atoms with Crippen molar-refractivity contribution in [2.45, 2.75) is 32.9 Å². The highest BCUT2D eigenvalue weighted by atomic mass is 16.4. The number of hydrogen-bond donors (Lipinski definition) is 1. The molecule has 1 aromatic heterocycles. The molecule has 1 aromatic rings. The third kappa shape index (κ3) is 3.36. The first-order valence-electron chi connectivity index (χ1n) is 6.65. The Morgan fingerprint density at radius 1 is 1.32 bits per heavy atom. The van der Waals surface area contributed by atoms with E-state index in [2.05, 4.69) is 30.6 Å². The lowest BCUT2D eigenvalue weighted by atomic mass is 10.0. The van der Waals surface area contributed by atoms with Gasteiger partial charge in [-0.25, -0.2) is 4.79 Å². The van der Waals surface area contributed by atoms with Crippen molar-refractivity contribution in [1.29, 1.82) is 0 Å². The van der Waals surface area contributed by atoms with E-state index in [1.807, 2.05) is 0 Å². The molecule has 0 saturated carbocycles. The summed E-state index contributed by atoms with van der Waals surface area (Å²) >= 11 is 0. The van der Waals surface area contributed by atoms with Gasteiger partial charge in [0.1, 0.15) is 11.3 Å². The van der Waals surface area contributed by atoms with Gasteiger partial charge in [-0.2, -0.15) is 0 Å². The number of aromatic carboxylic acids is 1. The van der Waals surface area contributed by atoms with Crippen molar-refractivity contribution in [1.82, 2.24) is 9.80 Å². The van der Waals surface area contributed by atoms with E-state index in [1.54, 1.807) is 0 Å². The molecular weight excluding hydrogens is 244 g/mol. The Morgan fingerprint density at radius 3 is 2.47 bits per heavy atom. The van der Waals surface area contributed by atoms with Crippen molar-refractivity contribution in [2.24, 2.45) is 0 Å². The number of carboxylic acids is 1. The second kappa shape index (κ2) is 5.35. The average molecular weight is 266 g/mol. The summed E-state index contributed by atoms with van der Waals surface area (Å²) in [5.74, 6) is -0.367. The van der Waals surface area contributed by atoms with Crippen LogP contribution in [0.15, 0.2) is 16.7 Å². The second-order valence-electron chi connectivity index (χ2n) is 6.00. The summed E-state index contributed by atoms with van der Waals surface area (Å²) < 4.78 is 5.29. The Labute approximate surface area is 113 Å². The minimum absolute atomic E-state index is 0.197. The lowest BCUT2D eigenvalue weighted by Crippen LogP contribution is -2.53. The molecule has 5 heteroatoms. The zero-order valence-corrected chi connectivity index (χ0v) is 11.8. The molecular formula is C14H22N2O3. The maximum Gasteiger partial charge on any atom is 0.339 e. The van der Waals surface area contributed by atoms with Crippen LogP contribution in [0.2, 0.25) is 0 Å². The summed E-state index contributed by atoms with van der Waals surface area (Å²) in [6, 6.07) is 1.52. The van der Waals surface area contributed by atoms with Gasteiger partial charge in [-0.15, -0.1) is 0 Å². The van der Waals surface area contributed by atoms with Crippen LogP contribution >= 0.6 is 0 Å². The predicted octanol–water partition coefficient (Wildman–Crippen LogP) is 1.89. The average Bonchev–Trinajstić information content (AvgIpc) is 2.77. The molecule has 0 aliphatic carbocycles. The predicted molar refractivity (Wildman–Crippen MR) is 72.3 cm³/mol. The normalized spacial score (nSPS) is 18.7. The van der Waals surface area contributed by atoms with Gasteiger partial charge in [-0.1, -0.05) is 0 Å². The number of carboxylic acid groups (broad SMARTS) is 1. The van der Waals surface area contributed by atoms with Crippen molar-refractivity contribution in [2.75, 3.05) is 26.2 Å². The fraction of sp³-hybridized carbons (Fsp3) is 0.643. The van der Waals surface area contributed by atoms with Gasteiger partial charge in [0.2, 0.25) is 0 Å². The standard InChI is InChI=1S/C14H22N2O3/c1-14(2,3)16-7-5-15(6-8-16)10-12-11(13(17)18)4-9-19-12/h4,9H,5-8,10H2,1-3H3,(H,17,18). The molecule has 1 N–H and O–H groups in total. The van der Waals surface area contributed by atoms with Gasteiger partial charge in [-0.3, -0.25) is 9.80 Å². The molecule has 0 bridgehead atoms. The Bertz CT molecular complexity index is 440. The molecule has 0 spiro atoms. The second-order valence-corrected chi connectivity index (χ2v) is 6.00. The zero-order valence-electron chi connectivity index (χ0n) is 11.8. The highest BCUT2D eigenvalue weighted by molar-refractivity contribution is 5.88. The highest BCUT2D eigenvalue weighted by Gasteiger charge is 2.26. The molecule has 1 aliphatic rings. The van der Waals surface area contributed by atoms with E-state index in [-0.39, 0.29) is 11.1 Å². The molecule has 106 valence electrons. The maximum atomic E-state index is 11.0. The van der Waals surface area contributed by atoms with Crippen LogP contribution in [-0.2, 0) is 6.54 Å². The Hall–Kier alpha value is -1.33. The van der Waals surface area contributed by atoms with Crippen LogP contribution < -0.4 is 0 Å². The molecule has 1 fully saturated rings. The Kier molecular flexibility index (Phi) is 3.96. The Balaban J connectivity index is 1.92. The number of hydrogen-bond acceptors (Lipinski definition) is 4. The number of rotatable bonds is 3. The van der Waals surface area contributed by atoms with Crippen LogP contribution in [0.3, 0.4) is 0 Å².